The van der Waals surface area contributed by atoms with Crippen molar-refractivity contribution in [2.75, 3.05) is 26.2 Å². The largest absolute Gasteiger partial charge is 0.508 e. The van der Waals surface area contributed by atoms with Crippen LogP contribution < -0.4 is 5.63 Å². The lowest BCUT2D eigenvalue weighted by molar-refractivity contribution is -0.141. The van der Waals surface area contributed by atoms with Gasteiger partial charge in [-0.2, -0.15) is 0 Å². The van der Waals surface area contributed by atoms with Crippen LogP contribution in [0.2, 0.25) is 0 Å². The van der Waals surface area contributed by atoms with E-state index in [0.29, 0.717) is 36.4 Å². The third-order valence-corrected chi connectivity index (χ3v) is 12.3. The van der Waals surface area contributed by atoms with Gasteiger partial charge in [0.15, 0.2) is 0 Å². The fourth-order valence-electron chi connectivity index (χ4n) is 10.3. The molecule has 4 aliphatic carbocycles. The zero-order valence-electron chi connectivity index (χ0n) is 23.0. The van der Waals surface area contributed by atoms with Crippen molar-refractivity contribution < 1.29 is 23.4 Å². The van der Waals surface area contributed by atoms with Gasteiger partial charge in [0.25, 0.3) is 0 Å². The Hall–Kier alpha value is -1.86. The number of nitrogens with zero attached hydrogens (tertiary/aromatic N) is 1. The number of carbonyl (C=O) groups is 1. The van der Waals surface area contributed by atoms with Crippen molar-refractivity contribution in [3.63, 3.8) is 0 Å². The van der Waals surface area contributed by atoms with Crippen LogP contribution in [0.15, 0.2) is 27.6 Å². The normalized spacial score (nSPS) is 45.4. The van der Waals surface area contributed by atoms with Crippen molar-refractivity contribution in [1.82, 2.24) is 4.90 Å². The van der Waals surface area contributed by atoms with Crippen LogP contribution in [0.4, 0.5) is 4.79 Å². The van der Waals surface area contributed by atoms with Crippen LogP contribution in [0.25, 0.3) is 0 Å². The van der Waals surface area contributed by atoms with Gasteiger partial charge >= 0.3 is 11.8 Å². The molecule has 208 valence electrons. The molecule has 38 heavy (non-hydrogen) atoms. The SMILES string of the molecule is C[C@]12CC[C@H](OC(=O)OCCN3CCCC3)C[C@H]1CC[C@@H]1[C@@H]2CC[C@]2(C)[C@@H](c3ccc(=O)oc3)C[C@H]3O[C@]132. The van der Waals surface area contributed by atoms with Gasteiger partial charge in [0, 0.05) is 18.0 Å². The Morgan fingerprint density at radius 3 is 2.68 bits per heavy atom. The fourth-order valence-corrected chi connectivity index (χ4v) is 10.3. The van der Waals surface area contributed by atoms with Crippen molar-refractivity contribution in [2.24, 2.45) is 28.6 Å². The summed E-state index contributed by atoms with van der Waals surface area (Å²) in [6, 6.07) is 3.54. The first-order valence-corrected chi connectivity index (χ1v) is 15.2. The second kappa shape index (κ2) is 9.09. The van der Waals surface area contributed by atoms with Crippen LogP contribution in [0.3, 0.4) is 0 Å². The molecule has 7 heteroatoms. The average molecular weight is 526 g/mol. The number of fused-ring (bicyclic) bond motifs is 3. The molecule has 9 atom stereocenters. The van der Waals surface area contributed by atoms with Crippen molar-refractivity contribution in [3.05, 3.63) is 34.4 Å². The first-order chi connectivity index (χ1) is 18.3. The molecule has 1 aromatic rings. The molecule has 0 unspecified atom stereocenters. The maximum Gasteiger partial charge on any atom is 0.508 e. The van der Waals surface area contributed by atoms with Gasteiger partial charge in [0.1, 0.15) is 18.3 Å². The van der Waals surface area contributed by atoms with E-state index in [9.17, 15) is 9.59 Å². The minimum atomic E-state index is -0.484. The highest BCUT2D eigenvalue weighted by molar-refractivity contribution is 5.60. The van der Waals surface area contributed by atoms with Gasteiger partial charge in [-0.25, -0.2) is 9.59 Å². The minimum absolute atomic E-state index is 0.0237. The number of likely N-dealkylation sites (tertiary alicyclic amines) is 1. The highest BCUT2D eigenvalue weighted by Crippen LogP contribution is 2.78. The van der Waals surface area contributed by atoms with Gasteiger partial charge in [0.2, 0.25) is 0 Å². The highest BCUT2D eigenvalue weighted by Gasteiger charge is 2.80. The lowest BCUT2D eigenvalue weighted by atomic mass is 9.44. The summed E-state index contributed by atoms with van der Waals surface area (Å²) in [6.45, 7) is 8.43. The molecule has 7 rings (SSSR count). The number of hydrogen-bond donors (Lipinski definition) is 0. The summed E-state index contributed by atoms with van der Waals surface area (Å²) in [5.41, 5.74) is 1.20. The quantitative estimate of drug-likeness (QED) is 0.370. The van der Waals surface area contributed by atoms with Crippen LogP contribution in [0.1, 0.15) is 89.5 Å². The number of rotatable bonds is 5. The molecule has 0 bridgehead atoms. The molecule has 0 radical (unpaired) electrons. The molecule has 0 N–H and O–H groups in total. The van der Waals surface area contributed by atoms with Gasteiger partial charge in [-0.3, -0.25) is 4.90 Å². The zero-order valence-corrected chi connectivity index (χ0v) is 23.0. The maximum atomic E-state index is 12.4. The summed E-state index contributed by atoms with van der Waals surface area (Å²) < 4.78 is 23.2. The molecule has 0 amide bonds. The predicted molar refractivity (Wildman–Crippen MR) is 141 cm³/mol. The molecule has 3 heterocycles. The zero-order chi connectivity index (χ0) is 26.1. The van der Waals surface area contributed by atoms with Gasteiger partial charge in [-0.1, -0.05) is 13.8 Å². The topological polar surface area (TPSA) is 81.5 Å². The molecular formula is C31H43NO6. The Morgan fingerprint density at radius 2 is 1.89 bits per heavy atom. The van der Waals surface area contributed by atoms with Crippen LogP contribution >= 0.6 is 0 Å². The molecule has 6 fully saturated rings. The fraction of sp³-hybridized carbons (Fsp3) is 0.806. The Morgan fingerprint density at radius 1 is 1.05 bits per heavy atom. The van der Waals surface area contributed by atoms with Crippen molar-refractivity contribution in [3.8, 4) is 0 Å². The first kappa shape index (κ1) is 25.1. The standard InChI is InChI=1S/C31H43NO6/c1-29-11-9-22(37-28(34)35-16-15-32-13-3-4-14-32)17-21(29)6-7-24-23(29)10-12-30(2)25(18-26-31(24,30)38-26)20-5-8-27(33)36-19-20/h5,8,19,21-26H,3-4,6-7,9-18H2,1-2H3/t21-,22+,23+,24-,25-,26-,29+,30-,31-/m1/s1. The van der Waals surface area contributed by atoms with E-state index in [4.69, 9.17) is 18.6 Å². The Kier molecular flexibility index (Phi) is 6.01. The molecule has 6 aliphatic rings. The van der Waals surface area contributed by atoms with E-state index in [2.05, 4.69) is 18.7 Å². The van der Waals surface area contributed by atoms with Crippen molar-refractivity contribution >= 4 is 6.16 Å². The van der Waals surface area contributed by atoms with Crippen LogP contribution in [0.5, 0.6) is 0 Å². The first-order valence-electron chi connectivity index (χ1n) is 15.2. The predicted octanol–water partition coefficient (Wildman–Crippen LogP) is 5.52. The molecule has 1 spiro atoms. The molecular weight excluding hydrogens is 482 g/mol. The van der Waals surface area contributed by atoms with Crippen LogP contribution in [0, 0.1) is 28.6 Å². The Bertz CT molecular complexity index is 1110. The van der Waals surface area contributed by atoms with Crippen molar-refractivity contribution in [1.29, 1.82) is 0 Å². The molecule has 0 aromatic carbocycles. The van der Waals surface area contributed by atoms with Crippen LogP contribution in [-0.2, 0) is 14.2 Å². The van der Waals surface area contributed by atoms with E-state index in [-0.39, 0.29) is 28.2 Å². The summed E-state index contributed by atoms with van der Waals surface area (Å²) in [6.07, 6.45) is 12.8. The monoisotopic (exact) mass is 525 g/mol. The molecule has 4 saturated carbocycles. The van der Waals surface area contributed by atoms with Crippen molar-refractivity contribution in [2.45, 2.75) is 102 Å². The molecule has 2 saturated heterocycles. The third kappa shape index (κ3) is 3.74. The van der Waals surface area contributed by atoms with E-state index in [1.807, 2.05) is 6.07 Å². The van der Waals surface area contributed by atoms with Crippen LogP contribution in [-0.4, -0.2) is 55.1 Å². The number of epoxide rings is 1. The highest BCUT2D eigenvalue weighted by atomic mass is 16.7. The van der Waals surface area contributed by atoms with E-state index in [0.717, 1.165) is 57.3 Å². The summed E-state index contributed by atoms with van der Waals surface area (Å²) in [4.78, 5) is 26.4. The minimum Gasteiger partial charge on any atom is -0.433 e. The number of carbonyl (C=O) groups excluding carboxylic acids is 1. The summed E-state index contributed by atoms with van der Waals surface area (Å²) >= 11 is 0. The van der Waals surface area contributed by atoms with E-state index >= 15 is 0 Å². The second-order valence-corrected chi connectivity index (χ2v) is 13.7. The summed E-state index contributed by atoms with van der Waals surface area (Å²) in [7, 11) is 0. The lowest BCUT2D eigenvalue weighted by Gasteiger charge is -2.61. The van der Waals surface area contributed by atoms with Gasteiger partial charge in [-0.05, 0) is 118 Å². The Balaban J connectivity index is 1.00. The summed E-state index contributed by atoms with van der Waals surface area (Å²) in [5.74, 6) is 2.21. The second-order valence-electron chi connectivity index (χ2n) is 13.7. The van der Waals surface area contributed by atoms with Gasteiger partial charge in [-0.15, -0.1) is 0 Å². The molecule has 7 nitrogen and oxygen atoms in total. The summed E-state index contributed by atoms with van der Waals surface area (Å²) in [5, 5.41) is 0. The van der Waals surface area contributed by atoms with E-state index in [1.54, 1.807) is 12.3 Å². The molecule has 2 aliphatic heterocycles. The molecule has 1 aromatic heterocycles. The smallest absolute Gasteiger partial charge is 0.433 e. The van der Waals surface area contributed by atoms with Gasteiger partial charge < -0.3 is 18.6 Å². The van der Waals surface area contributed by atoms with E-state index < -0.39 is 6.16 Å². The van der Waals surface area contributed by atoms with Gasteiger partial charge in [0.05, 0.1) is 12.4 Å². The maximum absolute atomic E-state index is 12.4. The number of hydrogen-bond acceptors (Lipinski definition) is 7. The van der Waals surface area contributed by atoms with E-state index in [1.165, 1.54) is 32.1 Å². The number of ether oxygens (including phenoxy) is 3. The third-order valence-electron chi connectivity index (χ3n) is 12.3. The lowest BCUT2D eigenvalue weighted by Crippen LogP contribution is -2.58. The Labute approximate surface area is 225 Å². The average Bonchev–Trinajstić information content (AvgIpc) is 3.24.